The Morgan fingerprint density at radius 1 is 1.26 bits per heavy atom. The monoisotopic (exact) mass is 436 g/mol. The summed E-state index contributed by atoms with van der Waals surface area (Å²) in [5.74, 6) is -0.393. The molecule has 10 heteroatoms. The van der Waals surface area contributed by atoms with E-state index in [4.69, 9.17) is 23.2 Å². The minimum absolute atomic E-state index is 0.205. The lowest BCUT2D eigenvalue weighted by molar-refractivity contribution is -0.117. The van der Waals surface area contributed by atoms with Crippen LogP contribution in [0.5, 0.6) is 0 Å². The Balaban J connectivity index is 1.51. The van der Waals surface area contributed by atoms with E-state index in [1.807, 2.05) is 6.07 Å². The lowest BCUT2D eigenvalue weighted by atomic mass is 10.2. The van der Waals surface area contributed by atoms with Crippen molar-refractivity contribution in [1.82, 2.24) is 14.8 Å². The van der Waals surface area contributed by atoms with E-state index < -0.39 is 5.91 Å². The Morgan fingerprint density at radius 2 is 2.07 bits per heavy atom. The molecule has 0 saturated carbocycles. The molecule has 0 bridgehead atoms. The first-order chi connectivity index (χ1) is 13.0. The predicted molar refractivity (Wildman–Crippen MR) is 110 cm³/mol. The fourth-order valence-corrected chi connectivity index (χ4v) is 4.71. The molecule has 1 N–H and O–H groups in total. The molecule has 0 atom stereocenters. The first-order valence-electron chi connectivity index (χ1n) is 7.67. The minimum Gasteiger partial charge on any atom is -0.300 e. The molecule has 3 aromatic heterocycles. The van der Waals surface area contributed by atoms with Gasteiger partial charge in [0.05, 0.1) is 21.6 Å². The van der Waals surface area contributed by atoms with E-state index >= 15 is 0 Å². The lowest BCUT2D eigenvalue weighted by Crippen LogP contribution is -2.29. The number of thiophene rings is 1. The zero-order valence-electron chi connectivity index (χ0n) is 13.5. The fraction of sp³-hybridized carbons (Fsp3) is 0.0588. The largest absolute Gasteiger partial charge is 0.300 e. The van der Waals surface area contributed by atoms with Crippen molar-refractivity contribution in [3.63, 3.8) is 0 Å². The van der Waals surface area contributed by atoms with Crippen LogP contribution in [0.4, 0.5) is 5.13 Å². The number of thiazole rings is 1. The lowest BCUT2D eigenvalue weighted by Gasteiger charge is -2.05. The van der Waals surface area contributed by atoms with Crippen molar-refractivity contribution >= 4 is 67.7 Å². The highest BCUT2D eigenvalue weighted by Crippen LogP contribution is 2.38. The standard InChI is InChI=1S/C17H10Cl2N4O2S2/c18-13-5-11(15(19)27-13)12-8-26-17(21-12)22-14(24)7-23-16(25)10-4-2-1-3-9(10)6-20-23/h1-6,8H,7H2,(H,21,22,24). The fourth-order valence-electron chi connectivity index (χ4n) is 2.50. The van der Waals surface area contributed by atoms with Gasteiger partial charge in [-0.3, -0.25) is 9.59 Å². The Labute approximate surface area is 171 Å². The zero-order valence-corrected chi connectivity index (χ0v) is 16.6. The molecule has 4 aromatic rings. The van der Waals surface area contributed by atoms with Crippen LogP contribution in [0.15, 0.2) is 46.7 Å². The normalized spacial score (nSPS) is 11.0. The molecule has 0 aliphatic carbocycles. The number of nitrogens with zero attached hydrogens (tertiary/aromatic N) is 3. The number of halogens is 2. The highest BCUT2D eigenvalue weighted by molar-refractivity contribution is 7.20. The van der Waals surface area contributed by atoms with Crippen molar-refractivity contribution in [1.29, 1.82) is 0 Å². The van der Waals surface area contributed by atoms with Gasteiger partial charge in [-0.1, -0.05) is 41.4 Å². The van der Waals surface area contributed by atoms with Crippen molar-refractivity contribution in [2.75, 3.05) is 5.32 Å². The summed E-state index contributed by atoms with van der Waals surface area (Å²) in [6, 6.07) is 8.83. The highest BCUT2D eigenvalue weighted by atomic mass is 35.5. The Bertz CT molecular complexity index is 1220. The van der Waals surface area contributed by atoms with E-state index in [1.165, 1.54) is 22.7 Å². The van der Waals surface area contributed by atoms with Gasteiger partial charge in [-0.05, 0) is 12.1 Å². The summed E-state index contributed by atoms with van der Waals surface area (Å²) in [5.41, 5.74) is 1.03. The second kappa shape index (κ2) is 7.40. The van der Waals surface area contributed by atoms with Gasteiger partial charge < -0.3 is 5.32 Å². The summed E-state index contributed by atoms with van der Waals surface area (Å²) < 4.78 is 2.23. The molecule has 0 radical (unpaired) electrons. The third kappa shape index (κ3) is 3.74. The first-order valence-corrected chi connectivity index (χ1v) is 10.1. The summed E-state index contributed by atoms with van der Waals surface area (Å²) in [5, 5.41) is 10.2. The van der Waals surface area contributed by atoms with E-state index in [9.17, 15) is 9.59 Å². The molecular formula is C17H10Cl2N4O2S2. The van der Waals surface area contributed by atoms with E-state index in [0.717, 1.165) is 15.6 Å². The van der Waals surface area contributed by atoms with Crippen LogP contribution in [0.3, 0.4) is 0 Å². The maximum Gasteiger partial charge on any atom is 0.275 e. The smallest absolute Gasteiger partial charge is 0.275 e. The molecule has 6 nitrogen and oxygen atoms in total. The Morgan fingerprint density at radius 3 is 2.85 bits per heavy atom. The first kappa shape index (κ1) is 18.1. The van der Waals surface area contributed by atoms with E-state index in [2.05, 4.69) is 15.4 Å². The molecule has 136 valence electrons. The Hall–Kier alpha value is -2.26. The van der Waals surface area contributed by atoms with Crippen LogP contribution in [0.2, 0.25) is 8.67 Å². The molecule has 3 heterocycles. The summed E-state index contributed by atoms with van der Waals surface area (Å²) in [4.78, 5) is 29.1. The van der Waals surface area contributed by atoms with Crippen molar-refractivity contribution in [2.24, 2.45) is 0 Å². The number of aromatic nitrogens is 3. The van der Waals surface area contributed by atoms with Gasteiger partial charge in [0.15, 0.2) is 5.13 Å². The predicted octanol–water partition coefficient (Wildman–Crippen LogP) is 4.53. The molecule has 0 unspecified atom stereocenters. The summed E-state index contributed by atoms with van der Waals surface area (Å²) in [7, 11) is 0. The number of hydrogen-bond acceptors (Lipinski definition) is 6. The number of fused-ring (bicyclic) bond motifs is 1. The molecule has 0 fully saturated rings. The van der Waals surface area contributed by atoms with Crippen LogP contribution in [-0.2, 0) is 11.3 Å². The van der Waals surface area contributed by atoms with Crippen molar-refractivity contribution in [2.45, 2.75) is 6.54 Å². The summed E-state index contributed by atoms with van der Waals surface area (Å²) in [6.45, 7) is -0.205. The summed E-state index contributed by atoms with van der Waals surface area (Å²) >= 11 is 14.6. The molecule has 1 amide bonds. The van der Waals surface area contributed by atoms with E-state index in [-0.39, 0.29) is 12.1 Å². The van der Waals surface area contributed by atoms with Gasteiger partial charge in [-0.15, -0.1) is 22.7 Å². The number of rotatable bonds is 4. The quantitative estimate of drug-likeness (QED) is 0.509. The topological polar surface area (TPSA) is 76.9 Å². The maximum absolute atomic E-state index is 12.4. The van der Waals surface area contributed by atoms with Crippen LogP contribution in [0.25, 0.3) is 22.0 Å². The van der Waals surface area contributed by atoms with Crippen molar-refractivity contribution in [3.05, 3.63) is 60.9 Å². The van der Waals surface area contributed by atoms with Crippen molar-refractivity contribution in [3.8, 4) is 11.3 Å². The van der Waals surface area contributed by atoms with Gasteiger partial charge in [-0.2, -0.15) is 5.10 Å². The zero-order chi connectivity index (χ0) is 19.0. The molecule has 0 aliphatic heterocycles. The average Bonchev–Trinajstić information content (AvgIpc) is 3.23. The molecular weight excluding hydrogens is 427 g/mol. The molecule has 0 saturated heterocycles. The average molecular weight is 437 g/mol. The van der Waals surface area contributed by atoms with Crippen LogP contribution in [0, 0.1) is 0 Å². The second-order valence-corrected chi connectivity index (χ2v) is 8.66. The second-order valence-electron chi connectivity index (χ2n) is 5.52. The molecule has 4 rings (SSSR count). The highest BCUT2D eigenvalue weighted by Gasteiger charge is 2.14. The molecule has 27 heavy (non-hydrogen) atoms. The van der Waals surface area contributed by atoms with Gasteiger partial charge in [0.2, 0.25) is 5.91 Å². The van der Waals surface area contributed by atoms with Crippen LogP contribution in [-0.4, -0.2) is 20.7 Å². The third-order valence-corrected chi connectivity index (χ3v) is 5.98. The van der Waals surface area contributed by atoms with Crippen LogP contribution >= 0.6 is 45.9 Å². The van der Waals surface area contributed by atoms with Crippen LogP contribution in [0.1, 0.15) is 0 Å². The number of amides is 1. The van der Waals surface area contributed by atoms with Gasteiger partial charge in [-0.25, -0.2) is 9.67 Å². The maximum atomic E-state index is 12.4. The van der Waals surface area contributed by atoms with Gasteiger partial charge in [0.25, 0.3) is 5.56 Å². The number of anilines is 1. The SMILES string of the molecule is O=C(Cn1ncc2ccccc2c1=O)Nc1nc(-c2cc(Cl)sc2Cl)cs1. The van der Waals surface area contributed by atoms with E-state index in [1.54, 1.807) is 35.8 Å². The van der Waals surface area contributed by atoms with Gasteiger partial charge in [0, 0.05) is 16.3 Å². The minimum atomic E-state index is -0.393. The number of carbonyl (C=O) groups is 1. The van der Waals surface area contributed by atoms with Crippen molar-refractivity contribution < 1.29 is 4.79 Å². The summed E-state index contributed by atoms with van der Waals surface area (Å²) in [6.07, 6.45) is 1.56. The number of carbonyl (C=O) groups excluding carboxylic acids is 1. The van der Waals surface area contributed by atoms with E-state index in [0.29, 0.717) is 24.9 Å². The third-order valence-electron chi connectivity index (χ3n) is 3.74. The van der Waals surface area contributed by atoms with Gasteiger partial charge >= 0.3 is 0 Å². The number of hydrogen-bond donors (Lipinski definition) is 1. The Kier molecular flexibility index (Phi) is 4.96. The molecule has 0 spiro atoms. The molecule has 1 aromatic carbocycles. The van der Waals surface area contributed by atoms with Gasteiger partial charge in [0.1, 0.15) is 10.9 Å². The number of nitrogens with one attached hydrogen (secondary N) is 1. The number of benzene rings is 1. The molecule has 0 aliphatic rings. The van der Waals surface area contributed by atoms with Crippen LogP contribution < -0.4 is 10.9 Å².